The second kappa shape index (κ2) is 7.96. The number of aryl methyl sites for hydroxylation is 1. The number of ketones is 1. The summed E-state index contributed by atoms with van der Waals surface area (Å²) in [7, 11) is 0. The van der Waals surface area contributed by atoms with E-state index in [1.807, 2.05) is 6.07 Å². The van der Waals surface area contributed by atoms with Gasteiger partial charge in [0.05, 0.1) is 12.3 Å². The van der Waals surface area contributed by atoms with Crippen molar-refractivity contribution in [1.29, 1.82) is 0 Å². The topological polar surface area (TPSA) is 106 Å². The molecule has 0 bridgehead atoms. The first-order valence-electron chi connectivity index (χ1n) is 7.51. The Balaban J connectivity index is 2.44. The summed E-state index contributed by atoms with van der Waals surface area (Å²) in [6.07, 6.45) is 0.635. The van der Waals surface area contributed by atoms with Gasteiger partial charge in [-0.2, -0.15) is 0 Å². The molecule has 0 aliphatic carbocycles. The van der Waals surface area contributed by atoms with Gasteiger partial charge in [0.25, 0.3) is 5.78 Å². The van der Waals surface area contributed by atoms with E-state index in [4.69, 9.17) is 4.42 Å². The van der Waals surface area contributed by atoms with Crippen LogP contribution in [-0.4, -0.2) is 23.5 Å². The van der Waals surface area contributed by atoms with Crippen LogP contribution in [0.25, 0.3) is 5.76 Å². The Bertz CT molecular complexity index is 867. The lowest BCUT2D eigenvalue weighted by molar-refractivity contribution is -0.151. The second-order valence-corrected chi connectivity index (χ2v) is 5.04. The molecule has 1 aromatic heterocycles. The third-order valence-electron chi connectivity index (χ3n) is 3.13. The number of ether oxygens (including phenoxy) is 1. The molecule has 25 heavy (non-hydrogen) atoms. The maximum Gasteiger partial charge on any atom is 0.379 e. The third kappa shape index (κ3) is 4.57. The number of rotatable bonds is 6. The van der Waals surface area contributed by atoms with Crippen LogP contribution in [-0.2, 0) is 14.3 Å². The molecule has 7 heteroatoms. The maximum atomic E-state index is 12.1. The quantitative estimate of drug-likeness (QED) is 0.359. The van der Waals surface area contributed by atoms with Crippen LogP contribution in [0.1, 0.15) is 18.2 Å². The number of hydrogen-bond donors (Lipinski definition) is 2. The Labute approximate surface area is 143 Å². The van der Waals surface area contributed by atoms with Crippen molar-refractivity contribution in [2.75, 3.05) is 11.9 Å². The lowest BCUT2D eigenvalue weighted by atomic mass is 10.1. The Hall–Kier alpha value is -3.35. The molecule has 1 aromatic carbocycles. The van der Waals surface area contributed by atoms with Crippen LogP contribution in [0.4, 0.5) is 11.4 Å². The number of anilines is 2. The van der Waals surface area contributed by atoms with Gasteiger partial charge in [-0.1, -0.05) is 18.2 Å². The summed E-state index contributed by atoms with van der Waals surface area (Å²) in [5.41, 5.74) is -0.195. The molecular formula is C18H17NO6. The van der Waals surface area contributed by atoms with Gasteiger partial charge in [-0.3, -0.25) is 4.79 Å². The summed E-state index contributed by atoms with van der Waals surface area (Å²) in [6.45, 7) is 3.14. The summed E-state index contributed by atoms with van der Waals surface area (Å²) in [4.78, 5) is 35.2. The second-order valence-electron chi connectivity index (χ2n) is 5.04. The average molecular weight is 343 g/mol. The minimum atomic E-state index is -1.12. The van der Waals surface area contributed by atoms with Crippen molar-refractivity contribution in [3.63, 3.8) is 0 Å². The number of aliphatic hydroxyl groups excluding tert-OH is 1. The van der Waals surface area contributed by atoms with E-state index in [-0.39, 0.29) is 17.9 Å². The summed E-state index contributed by atoms with van der Waals surface area (Å²) < 4.78 is 9.53. The molecule has 0 fully saturated rings. The highest BCUT2D eigenvalue weighted by Crippen LogP contribution is 2.24. The van der Waals surface area contributed by atoms with Crippen LogP contribution in [0.3, 0.4) is 0 Å². The van der Waals surface area contributed by atoms with Crippen molar-refractivity contribution in [1.82, 2.24) is 0 Å². The molecule has 0 unspecified atom stereocenters. The van der Waals surface area contributed by atoms with Gasteiger partial charge in [-0.15, -0.1) is 0 Å². The van der Waals surface area contributed by atoms with Gasteiger partial charge in [0.15, 0.2) is 0 Å². The number of carbonyl (C=O) groups is 2. The van der Waals surface area contributed by atoms with Crippen LogP contribution < -0.4 is 10.9 Å². The van der Waals surface area contributed by atoms with Crippen LogP contribution >= 0.6 is 0 Å². The standard InChI is InChI=1S/C18H17NO6/c1-3-24-17(22)15(21)10-14(20)16-13(9-11(2)25-18(16)23)19-12-7-5-4-6-8-12/h4-10,19-20H,3H2,1-2H3/b14-10-. The molecule has 0 radical (unpaired) electrons. The van der Waals surface area contributed by atoms with E-state index in [1.165, 1.54) is 6.07 Å². The van der Waals surface area contributed by atoms with E-state index in [1.54, 1.807) is 38.1 Å². The smallest absolute Gasteiger partial charge is 0.379 e. The molecule has 2 N–H and O–H groups in total. The fraction of sp³-hybridized carbons (Fsp3) is 0.167. The zero-order valence-corrected chi connectivity index (χ0v) is 13.7. The molecule has 130 valence electrons. The zero-order chi connectivity index (χ0) is 18.4. The maximum absolute atomic E-state index is 12.1. The van der Waals surface area contributed by atoms with E-state index in [0.29, 0.717) is 17.5 Å². The van der Waals surface area contributed by atoms with Gasteiger partial charge in [-0.05, 0) is 26.0 Å². The molecule has 0 atom stereocenters. The summed E-state index contributed by atoms with van der Waals surface area (Å²) in [5, 5.41) is 13.1. The van der Waals surface area contributed by atoms with E-state index < -0.39 is 23.1 Å². The van der Waals surface area contributed by atoms with Crippen LogP contribution in [0, 0.1) is 6.92 Å². The first-order chi connectivity index (χ1) is 11.9. The van der Waals surface area contributed by atoms with Crippen molar-refractivity contribution in [2.45, 2.75) is 13.8 Å². The number of nitrogens with one attached hydrogen (secondary N) is 1. The number of hydrogen-bond acceptors (Lipinski definition) is 7. The molecule has 0 saturated carbocycles. The molecule has 7 nitrogen and oxygen atoms in total. The third-order valence-corrected chi connectivity index (χ3v) is 3.13. The average Bonchev–Trinajstić information content (AvgIpc) is 2.55. The Morgan fingerprint density at radius 3 is 2.60 bits per heavy atom. The fourth-order valence-electron chi connectivity index (χ4n) is 2.09. The Morgan fingerprint density at radius 2 is 1.96 bits per heavy atom. The fourth-order valence-corrected chi connectivity index (χ4v) is 2.09. The SMILES string of the molecule is CCOC(=O)C(=O)/C=C(\O)c1c(Nc2ccccc2)cc(C)oc1=O. The molecule has 1 heterocycles. The van der Waals surface area contributed by atoms with Gasteiger partial charge in [0, 0.05) is 17.8 Å². The van der Waals surface area contributed by atoms with Crippen LogP contribution in [0.15, 0.2) is 51.7 Å². The van der Waals surface area contributed by atoms with Gasteiger partial charge in [0.2, 0.25) is 0 Å². The highest BCUT2D eigenvalue weighted by atomic mass is 16.5. The lowest BCUT2D eigenvalue weighted by Crippen LogP contribution is -2.17. The molecular weight excluding hydrogens is 326 g/mol. The van der Waals surface area contributed by atoms with Gasteiger partial charge in [-0.25, -0.2) is 9.59 Å². The summed E-state index contributed by atoms with van der Waals surface area (Å²) in [5.74, 6) is -2.57. The molecule has 0 aliphatic heterocycles. The first-order valence-corrected chi connectivity index (χ1v) is 7.51. The van der Waals surface area contributed by atoms with Crippen molar-refractivity contribution in [3.8, 4) is 0 Å². The van der Waals surface area contributed by atoms with Gasteiger partial charge < -0.3 is 19.6 Å². The van der Waals surface area contributed by atoms with Crippen molar-refractivity contribution in [2.24, 2.45) is 0 Å². The number of esters is 1. The van der Waals surface area contributed by atoms with E-state index in [0.717, 1.165) is 0 Å². The van der Waals surface area contributed by atoms with Gasteiger partial charge >= 0.3 is 11.6 Å². The Kier molecular flexibility index (Phi) is 5.73. The predicted octanol–water partition coefficient (Wildman–Crippen LogP) is 2.72. The van der Waals surface area contributed by atoms with Crippen LogP contribution in [0.2, 0.25) is 0 Å². The zero-order valence-electron chi connectivity index (χ0n) is 13.7. The predicted molar refractivity (Wildman–Crippen MR) is 91.7 cm³/mol. The normalized spacial score (nSPS) is 11.0. The molecule has 0 amide bonds. The number of carbonyl (C=O) groups excluding carboxylic acids is 2. The largest absolute Gasteiger partial charge is 0.507 e. The van der Waals surface area contributed by atoms with Crippen molar-refractivity contribution >= 4 is 28.9 Å². The van der Waals surface area contributed by atoms with Crippen molar-refractivity contribution in [3.05, 3.63) is 64.2 Å². The first kappa shape index (κ1) is 18.0. The lowest BCUT2D eigenvalue weighted by Gasteiger charge is -2.11. The van der Waals surface area contributed by atoms with E-state index in [9.17, 15) is 19.5 Å². The monoisotopic (exact) mass is 343 g/mol. The molecule has 0 spiro atoms. The number of para-hydroxylation sites is 1. The van der Waals surface area contributed by atoms with E-state index >= 15 is 0 Å². The van der Waals surface area contributed by atoms with E-state index in [2.05, 4.69) is 10.1 Å². The molecule has 0 aliphatic rings. The van der Waals surface area contributed by atoms with Crippen LogP contribution in [0.5, 0.6) is 0 Å². The minimum absolute atomic E-state index is 0.0205. The van der Waals surface area contributed by atoms with Gasteiger partial charge in [0.1, 0.15) is 17.1 Å². The molecule has 0 saturated heterocycles. The summed E-state index contributed by atoms with van der Waals surface area (Å²) >= 11 is 0. The number of benzene rings is 1. The minimum Gasteiger partial charge on any atom is -0.507 e. The summed E-state index contributed by atoms with van der Waals surface area (Å²) in [6, 6.07) is 10.4. The highest BCUT2D eigenvalue weighted by Gasteiger charge is 2.19. The molecule has 2 aromatic rings. The molecule has 2 rings (SSSR count). The highest BCUT2D eigenvalue weighted by molar-refractivity contribution is 6.39. The Morgan fingerprint density at radius 1 is 1.28 bits per heavy atom. The van der Waals surface area contributed by atoms with Crippen molar-refractivity contribution < 1.29 is 23.8 Å². The number of aliphatic hydroxyl groups is 1.